The van der Waals surface area contributed by atoms with Gasteiger partial charge in [0.1, 0.15) is 6.04 Å². The molecule has 3 aliphatic heterocycles. The molecule has 26 heavy (non-hydrogen) atoms. The first-order valence-electron chi connectivity index (χ1n) is 9.16. The third kappa shape index (κ3) is 4.43. The minimum Gasteiger partial charge on any atom is -0.479 e. The van der Waals surface area contributed by atoms with Crippen LogP contribution in [-0.2, 0) is 19.3 Å². The number of nitrogens with zero attached hydrogens (tertiary/aromatic N) is 2. The highest BCUT2D eigenvalue weighted by molar-refractivity contribution is 5.88. The lowest BCUT2D eigenvalue weighted by Gasteiger charge is -2.29. The van der Waals surface area contributed by atoms with Crippen molar-refractivity contribution >= 4 is 17.9 Å². The second-order valence-electron chi connectivity index (χ2n) is 6.95. The van der Waals surface area contributed by atoms with Crippen molar-refractivity contribution in [3.63, 3.8) is 0 Å². The maximum atomic E-state index is 12.4. The molecule has 2 bridgehead atoms. The Labute approximate surface area is 151 Å². The quantitative estimate of drug-likeness (QED) is 0.533. The van der Waals surface area contributed by atoms with Crippen LogP contribution >= 0.6 is 0 Å². The van der Waals surface area contributed by atoms with Crippen LogP contribution in [0.1, 0.15) is 38.5 Å². The van der Waals surface area contributed by atoms with Gasteiger partial charge in [-0.05, 0) is 32.2 Å². The van der Waals surface area contributed by atoms with Gasteiger partial charge in [-0.3, -0.25) is 14.5 Å². The van der Waals surface area contributed by atoms with Gasteiger partial charge in [-0.15, -0.1) is 0 Å². The fourth-order valence-corrected chi connectivity index (χ4v) is 3.72. The highest BCUT2D eigenvalue weighted by Gasteiger charge is 2.48. The second kappa shape index (κ2) is 8.65. The van der Waals surface area contributed by atoms with Crippen LogP contribution in [0.5, 0.6) is 0 Å². The summed E-state index contributed by atoms with van der Waals surface area (Å²) in [5.74, 6) is -1.51. The highest BCUT2D eigenvalue weighted by atomic mass is 16.7. The van der Waals surface area contributed by atoms with E-state index in [0.717, 1.165) is 30.9 Å². The molecule has 3 aliphatic rings. The summed E-state index contributed by atoms with van der Waals surface area (Å²) in [6, 6.07) is -1.09. The predicted octanol–water partition coefficient (Wildman–Crippen LogP) is -0.149. The Morgan fingerprint density at radius 3 is 2.88 bits per heavy atom. The number of fused-ring (bicyclic) bond motifs is 2. The molecule has 3 rings (SSSR count). The van der Waals surface area contributed by atoms with Crippen molar-refractivity contribution in [2.24, 2.45) is 0 Å². The summed E-state index contributed by atoms with van der Waals surface area (Å²) in [6.45, 7) is 1.12. The van der Waals surface area contributed by atoms with Gasteiger partial charge in [0.2, 0.25) is 0 Å². The number of amides is 3. The monoisotopic (exact) mass is 370 g/mol. The molecule has 3 atom stereocenters. The molecule has 0 aliphatic carbocycles. The Morgan fingerprint density at radius 1 is 1.23 bits per heavy atom. The molecule has 10 nitrogen and oxygen atoms in total. The van der Waals surface area contributed by atoms with E-state index < -0.39 is 24.6 Å². The van der Waals surface area contributed by atoms with Crippen LogP contribution < -0.4 is 10.8 Å². The number of carboxylic acids is 1. The average Bonchev–Trinajstić information content (AvgIpc) is 2.79. The Hall–Kier alpha value is -1.91. The molecule has 0 radical (unpaired) electrons. The molecule has 3 heterocycles. The van der Waals surface area contributed by atoms with Crippen molar-refractivity contribution in [3.05, 3.63) is 0 Å². The molecule has 0 aromatic rings. The van der Waals surface area contributed by atoms with E-state index in [9.17, 15) is 14.4 Å². The van der Waals surface area contributed by atoms with Crippen LogP contribution in [0, 0.1) is 0 Å². The standard InChI is InChI=1S/C16H26N4O6/c21-14(22)10-26-20-12-5-6-13(19(8-12)16(20)24)15(23)18-25-9-11-4-2-1-3-7-17-11/h11-13,17H,1-10H2,(H,18,23)(H,21,22)/t11-,12?,13?/m0/s1. The molecular weight excluding hydrogens is 344 g/mol. The van der Waals surface area contributed by atoms with Gasteiger partial charge in [-0.1, -0.05) is 12.8 Å². The molecule has 3 saturated heterocycles. The lowest BCUT2D eigenvalue weighted by atomic mass is 10.0. The summed E-state index contributed by atoms with van der Waals surface area (Å²) in [5.41, 5.74) is 2.46. The molecule has 10 heteroatoms. The van der Waals surface area contributed by atoms with Crippen LogP contribution in [0.3, 0.4) is 0 Å². The summed E-state index contributed by atoms with van der Waals surface area (Å²) >= 11 is 0. The zero-order chi connectivity index (χ0) is 18.5. The van der Waals surface area contributed by atoms with E-state index in [1.807, 2.05) is 0 Å². The number of hydrogen-bond acceptors (Lipinski definition) is 6. The Kier molecular flexibility index (Phi) is 6.28. The maximum Gasteiger partial charge on any atom is 0.345 e. The van der Waals surface area contributed by atoms with Gasteiger partial charge in [-0.2, -0.15) is 5.06 Å². The SMILES string of the molecule is O=C(O)CON1C(=O)N2CC1CCC2C(=O)NOC[C@@H]1CCCCCN1. The van der Waals surface area contributed by atoms with Crippen molar-refractivity contribution in [2.45, 2.75) is 56.7 Å². The normalized spacial score (nSPS) is 28.8. The second-order valence-corrected chi connectivity index (χ2v) is 6.95. The topological polar surface area (TPSA) is 120 Å². The largest absolute Gasteiger partial charge is 0.479 e. The van der Waals surface area contributed by atoms with E-state index in [2.05, 4.69) is 10.8 Å². The molecule has 0 saturated carbocycles. The minimum absolute atomic E-state index is 0.220. The van der Waals surface area contributed by atoms with Crippen molar-refractivity contribution in [3.8, 4) is 0 Å². The summed E-state index contributed by atoms with van der Waals surface area (Å²) in [4.78, 5) is 47.3. The van der Waals surface area contributed by atoms with Gasteiger partial charge < -0.3 is 15.3 Å². The highest BCUT2D eigenvalue weighted by Crippen LogP contribution is 2.30. The molecule has 3 fully saturated rings. The first-order valence-corrected chi connectivity index (χ1v) is 9.16. The van der Waals surface area contributed by atoms with Gasteiger partial charge in [0.05, 0.1) is 12.6 Å². The zero-order valence-electron chi connectivity index (χ0n) is 14.7. The summed E-state index contributed by atoms with van der Waals surface area (Å²) in [6.07, 6.45) is 5.58. The van der Waals surface area contributed by atoms with E-state index in [-0.39, 0.29) is 18.0 Å². The van der Waals surface area contributed by atoms with E-state index in [1.165, 1.54) is 11.3 Å². The lowest BCUT2D eigenvalue weighted by molar-refractivity contribution is -0.167. The summed E-state index contributed by atoms with van der Waals surface area (Å²) in [7, 11) is 0. The molecule has 2 unspecified atom stereocenters. The van der Waals surface area contributed by atoms with Crippen molar-refractivity contribution in [2.75, 3.05) is 26.3 Å². The number of carbonyl (C=O) groups excluding carboxylic acids is 2. The zero-order valence-corrected chi connectivity index (χ0v) is 14.7. The van der Waals surface area contributed by atoms with Crippen LogP contribution in [0.25, 0.3) is 0 Å². The molecule has 3 N–H and O–H groups in total. The van der Waals surface area contributed by atoms with Gasteiger partial charge in [0.15, 0.2) is 6.61 Å². The van der Waals surface area contributed by atoms with E-state index in [1.54, 1.807) is 0 Å². The van der Waals surface area contributed by atoms with Gasteiger partial charge in [0.25, 0.3) is 5.91 Å². The third-order valence-electron chi connectivity index (χ3n) is 5.07. The fraction of sp³-hybridized carbons (Fsp3) is 0.812. The Balaban J connectivity index is 1.46. The number of piperidine rings is 1. The number of urea groups is 1. The number of nitrogens with one attached hydrogen (secondary N) is 2. The number of carboxylic acid groups (broad SMARTS) is 1. The number of hydrogen-bond donors (Lipinski definition) is 3. The Morgan fingerprint density at radius 2 is 2.08 bits per heavy atom. The lowest BCUT2D eigenvalue weighted by Crippen LogP contribution is -2.50. The molecule has 146 valence electrons. The smallest absolute Gasteiger partial charge is 0.345 e. The van der Waals surface area contributed by atoms with E-state index in [0.29, 0.717) is 26.0 Å². The molecular formula is C16H26N4O6. The van der Waals surface area contributed by atoms with Crippen molar-refractivity contribution < 1.29 is 29.2 Å². The number of aliphatic carboxylic acids is 1. The van der Waals surface area contributed by atoms with E-state index >= 15 is 0 Å². The minimum atomic E-state index is -1.15. The van der Waals surface area contributed by atoms with Gasteiger partial charge in [0, 0.05) is 12.6 Å². The molecule has 3 amide bonds. The molecule has 0 spiro atoms. The predicted molar refractivity (Wildman–Crippen MR) is 88.7 cm³/mol. The maximum absolute atomic E-state index is 12.4. The first kappa shape index (κ1) is 18.9. The van der Waals surface area contributed by atoms with Gasteiger partial charge >= 0.3 is 12.0 Å². The number of hydroxylamine groups is 3. The molecule has 0 aromatic heterocycles. The van der Waals surface area contributed by atoms with Crippen LogP contribution in [-0.4, -0.2) is 77.4 Å². The number of carbonyl (C=O) groups is 3. The Bertz CT molecular complexity index is 537. The number of rotatable bonds is 7. The van der Waals surface area contributed by atoms with Gasteiger partial charge in [-0.25, -0.2) is 15.1 Å². The molecule has 0 aromatic carbocycles. The van der Waals surface area contributed by atoms with Crippen molar-refractivity contribution in [1.29, 1.82) is 0 Å². The third-order valence-corrected chi connectivity index (χ3v) is 5.07. The van der Waals surface area contributed by atoms with Crippen LogP contribution in [0.15, 0.2) is 0 Å². The van der Waals surface area contributed by atoms with E-state index in [4.69, 9.17) is 14.8 Å². The van der Waals surface area contributed by atoms with Crippen LogP contribution in [0.4, 0.5) is 4.79 Å². The van der Waals surface area contributed by atoms with Crippen molar-refractivity contribution in [1.82, 2.24) is 20.8 Å². The van der Waals surface area contributed by atoms with Crippen LogP contribution in [0.2, 0.25) is 0 Å². The summed E-state index contributed by atoms with van der Waals surface area (Å²) in [5, 5.41) is 13.2. The fourth-order valence-electron chi connectivity index (χ4n) is 3.72. The summed E-state index contributed by atoms with van der Waals surface area (Å²) < 4.78 is 0. The average molecular weight is 370 g/mol. The first-order chi connectivity index (χ1) is 12.6.